The van der Waals surface area contributed by atoms with Gasteiger partial charge in [-0.3, -0.25) is 9.59 Å². The molecular formula is C13H16N2O3. The van der Waals surface area contributed by atoms with Crippen molar-refractivity contribution in [2.24, 2.45) is 0 Å². The molecule has 0 bridgehead atoms. The van der Waals surface area contributed by atoms with Gasteiger partial charge in [0.2, 0.25) is 5.91 Å². The topological polar surface area (TPSA) is 69.6 Å². The van der Waals surface area contributed by atoms with Crippen LogP contribution in [0.25, 0.3) is 0 Å². The molecule has 1 aromatic carbocycles. The van der Waals surface area contributed by atoms with Gasteiger partial charge in [0.05, 0.1) is 5.56 Å². The molecule has 0 saturated carbocycles. The number of hydrogen-bond donors (Lipinski definition) is 2. The third-order valence-corrected chi connectivity index (χ3v) is 3.11. The minimum absolute atomic E-state index is 0.0525. The highest BCUT2D eigenvalue weighted by Crippen LogP contribution is 2.20. The van der Waals surface area contributed by atoms with Crippen molar-refractivity contribution in [3.8, 4) is 5.75 Å². The number of hydrogen-bond acceptors (Lipinski definition) is 3. The molecule has 2 amide bonds. The Morgan fingerprint density at radius 3 is 2.89 bits per heavy atom. The predicted molar refractivity (Wildman–Crippen MR) is 66.2 cm³/mol. The highest BCUT2D eigenvalue weighted by Gasteiger charge is 2.32. The van der Waals surface area contributed by atoms with Crippen LogP contribution in [0.15, 0.2) is 24.3 Å². The number of carbonyl (C=O) groups excluding carboxylic acids is 2. The Morgan fingerprint density at radius 1 is 1.50 bits per heavy atom. The van der Waals surface area contributed by atoms with E-state index >= 15 is 0 Å². The van der Waals surface area contributed by atoms with Gasteiger partial charge in [-0.25, -0.2) is 0 Å². The minimum atomic E-state index is -0.453. The molecule has 1 fully saturated rings. The number of carbonyl (C=O) groups is 2. The molecule has 96 valence electrons. The molecule has 1 saturated heterocycles. The van der Waals surface area contributed by atoms with E-state index in [9.17, 15) is 14.7 Å². The first kappa shape index (κ1) is 12.4. The fourth-order valence-electron chi connectivity index (χ4n) is 2.17. The summed E-state index contributed by atoms with van der Waals surface area (Å²) in [5.41, 5.74) is 0.241. The van der Waals surface area contributed by atoms with Gasteiger partial charge in [-0.1, -0.05) is 19.1 Å². The minimum Gasteiger partial charge on any atom is -0.507 e. The number of para-hydroxylation sites is 1. The van der Waals surface area contributed by atoms with Crippen LogP contribution < -0.4 is 5.32 Å². The summed E-state index contributed by atoms with van der Waals surface area (Å²) in [6.07, 6.45) is 0.561. The summed E-state index contributed by atoms with van der Waals surface area (Å²) in [7, 11) is 0. The maximum Gasteiger partial charge on any atom is 0.258 e. The molecule has 2 rings (SSSR count). The average molecular weight is 248 g/mol. The summed E-state index contributed by atoms with van der Waals surface area (Å²) in [6.45, 7) is 2.78. The molecule has 5 heteroatoms. The Morgan fingerprint density at radius 2 is 2.22 bits per heavy atom. The molecule has 18 heavy (non-hydrogen) atoms. The molecule has 1 atom stereocenters. The molecule has 5 nitrogen and oxygen atoms in total. The van der Waals surface area contributed by atoms with E-state index in [0.29, 0.717) is 19.5 Å². The monoisotopic (exact) mass is 248 g/mol. The molecule has 0 aromatic heterocycles. The van der Waals surface area contributed by atoms with Crippen LogP contribution in [-0.4, -0.2) is 41.0 Å². The molecule has 1 aliphatic rings. The Hall–Kier alpha value is -2.04. The van der Waals surface area contributed by atoms with Crippen molar-refractivity contribution in [3.63, 3.8) is 0 Å². The molecule has 1 aliphatic heterocycles. The number of aromatic hydroxyl groups is 1. The van der Waals surface area contributed by atoms with Crippen molar-refractivity contribution in [2.75, 3.05) is 13.1 Å². The van der Waals surface area contributed by atoms with Crippen LogP contribution in [-0.2, 0) is 4.79 Å². The largest absolute Gasteiger partial charge is 0.507 e. The second-order valence-corrected chi connectivity index (χ2v) is 4.23. The lowest BCUT2D eigenvalue weighted by Gasteiger charge is -2.34. The quantitative estimate of drug-likeness (QED) is 0.811. The van der Waals surface area contributed by atoms with Crippen LogP contribution in [0.5, 0.6) is 5.75 Å². The van der Waals surface area contributed by atoms with Gasteiger partial charge in [-0.2, -0.15) is 0 Å². The molecule has 1 heterocycles. The number of piperazine rings is 1. The van der Waals surface area contributed by atoms with Gasteiger partial charge in [0.1, 0.15) is 11.8 Å². The van der Waals surface area contributed by atoms with Gasteiger partial charge in [0, 0.05) is 13.1 Å². The standard InChI is InChI=1S/C13H16N2O3/c1-2-10-12(17)14-7-8-15(10)13(18)9-5-3-4-6-11(9)16/h3-6,10,16H,2,7-8H2,1H3,(H,14,17). The second kappa shape index (κ2) is 5.08. The van der Waals surface area contributed by atoms with Crippen molar-refractivity contribution in [3.05, 3.63) is 29.8 Å². The lowest BCUT2D eigenvalue weighted by atomic mass is 10.1. The molecule has 0 aliphatic carbocycles. The first-order valence-electron chi connectivity index (χ1n) is 6.01. The number of rotatable bonds is 2. The number of nitrogens with zero attached hydrogens (tertiary/aromatic N) is 1. The average Bonchev–Trinajstić information content (AvgIpc) is 2.38. The third kappa shape index (κ3) is 2.16. The lowest BCUT2D eigenvalue weighted by molar-refractivity contribution is -0.127. The zero-order chi connectivity index (χ0) is 13.1. The number of nitrogens with one attached hydrogen (secondary N) is 1. The fraction of sp³-hybridized carbons (Fsp3) is 0.385. The van der Waals surface area contributed by atoms with Gasteiger partial charge < -0.3 is 15.3 Å². The van der Waals surface area contributed by atoms with Crippen LogP contribution in [0.4, 0.5) is 0 Å². The van der Waals surface area contributed by atoms with E-state index in [1.54, 1.807) is 18.2 Å². The van der Waals surface area contributed by atoms with E-state index in [1.807, 2.05) is 6.92 Å². The first-order valence-corrected chi connectivity index (χ1v) is 6.01. The lowest BCUT2D eigenvalue weighted by Crippen LogP contribution is -2.56. The van der Waals surface area contributed by atoms with Crippen LogP contribution >= 0.6 is 0 Å². The second-order valence-electron chi connectivity index (χ2n) is 4.23. The van der Waals surface area contributed by atoms with Gasteiger partial charge in [-0.15, -0.1) is 0 Å². The first-order chi connectivity index (χ1) is 8.65. The maximum atomic E-state index is 12.3. The Bertz CT molecular complexity index is 473. The van der Waals surface area contributed by atoms with Gasteiger partial charge in [0.25, 0.3) is 5.91 Å². The van der Waals surface area contributed by atoms with E-state index in [-0.39, 0.29) is 23.1 Å². The SMILES string of the molecule is CCC1C(=O)NCCN1C(=O)c1ccccc1O. The highest BCUT2D eigenvalue weighted by molar-refractivity contribution is 6.00. The molecule has 0 spiro atoms. The third-order valence-electron chi connectivity index (χ3n) is 3.11. The fourth-order valence-corrected chi connectivity index (χ4v) is 2.17. The smallest absolute Gasteiger partial charge is 0.258 e. The van der Waals surface area contributed by atoms with Crippen LogP contribution in [0, 0.1) is 0 Å². The summed E-state index contributed by atoms with van der Waals surface area (Å²) < 4.78 is 0. The van der Waals surface area contributed by atoms with Crippen molar-refractivity contribution in [1.82, 2.24) is 10.2 Å². The normalized spacial score (nSPS) is 19.5. The van der Waals surface area contributed by atoms with E-state index < -0.39 is 6.04 Å². The number of amides is 2. The molecular weight excluding hydrogens is 232 g/mol. The van der Waals surface area contributed by atoms with Crippen molar-refractivity contribution < 1.29 is 14.7 Å². The zero-order valence-electron chi connectivity index (χ0n) is 10.2. The summed E-state index contributed by atoms with van der Waals surface area (Å²) in [4.78, 5) is 25.5. The molecule has 1 unspecified atom stereocenters. The van der Waals surface area contributed by atoms with E-state index in [0.717, 1.165) is 0 Å². The van der Waals surface area contributed by atoms with Crippen LogP contribution in [0.3, 0.4) is 0 Å². The van der Waals surface area contributed by atoms with E-state index in [2.05, 4.69) is 5.32 Å². The molecule has 1 aromatic rings. The predicted octanol–water partition coefficient (Wildman–Crippen LogP) is 0.743. The molecule has 2 N–H and O–H groups in total. The maximum absolute atomic E-state index is 12.3. The summed E-state index contributed by atoms with van der Waals surface area (Å²) in [6, 6.07) is 5.94. The van der Waals surface area contributed by atoms with Crippen molar-refractivity contribution in [2.45, 2.75) is 19.4 Å². The summed E-state index contributed by atoms with van der Waals surface area (Å²) in [5, 5.41) is 12.4. The summed E-state index contributed by atoms with van der Waals surface area (Å²) in [5.74, 6) is -0.481. The summed E-state index contributed by atoms with van der Waals surface area (Å²) >= 11 is 0. The van der Waals surface area contributed by atoms with Crippen molar-refractivity contribution >= 4 is 11.8 Å². The number of benzene rings is 1. The highest BCUT2D eigenvalue weighted by atomic mass is 16.3. The van der Waals surface area contributed by atoms with Crippen LogP contribution in [0.1, 0.15) is 23.7 Å². The number of phenols is 1. The van der Waals surface area contributed by atoms with E-state index in [4.69, 9.17) is 0 Å². The van der Waals surface area contributed by atoms with Crippen molar-refractivity contribution in [1.29, 1.82) is 0 Å². The van der Waals surface area contributed by atoms with Gasteiger partial charge >= 0.3 is 0 Å². The Kier molecular flexibility index (Phi) is 3.50. The van der Waals surface area contributed by atoms with Crippen LogP contribution in [0.2, 0.25) is 0 Å². The van der Waals surface area contributed by atoms with Gasteiger partial charge in [-0.05, 0) is 18.6 Å². The Labute approximate surface area is 105 Å². The van der Waals surface area contributed by atoms with E-state index in [1.165, 1.54) is 11.0 Å². The molecule has 0 radical (unpaired) electrons. The number of phenolic OH excluding ortho intramolecular Hbond substituents is 1. The Balaban J connectivity index is 2.27. The zero-order valence-corrected chi connectivity index (χ0v) is 10.2. The van der Waals surface area contributed by atoms with Gasteiger partial charge in [0.15, 0.2) is 0 Å².